The molecule has 0 atom stereocenters. The number of rotatable bonds is 9. The number of allylic oxidation sites excluding steroid dienone is 4. The van der Waals surface area contributed by atoms with Gasteiger partial charge in [0.15, 0.2) is 0 Å². The molecular formula is C66H54N2. The molecule has 0 fully saturated rings. The van der Waals surface area contributed by atoms with Crippen LogP contribution in [-0.2, 0) is 10.8 Å². The maximum absolute atomic E-state index is 2.49. The fourth-order valence-electron chi connectivity index (χ4n) is 11.3. The number of fused-ring (bicyclic) bond motifs is 6. The van der Waals surface area contributed by atoms with Crippen molar-refractivity contribution in [3.8, 4) is 44.5 Å². The van der Waals surface area contributed by atoms with Gasteiger partial charge in [-0.1, -0.05) is 191 Å². The van der Waals surface area contributed by atoms with Gasteiger partial charge in [0, 0.05) is 45.0 Å². The fraction of sp³-hybridized carbons (Fsp3) is 0.121. The van der Waals surface area contributed by atoms with Crippen molar-refractivity contribution < 1.29 is 0 Å². The average molecular weight is 875 g/mol. The van der Waals surface area contributed by atoms with Crippen LogP contribution in [0.2, 0.25) is 0 Å². The van der Waals surface area contributed by atoms with Crippen molar-refractivity contribution in [3.63, 3.8) is 0 Å². The Kier molecular flexibility index (Phi) is 10.0. The van der Waals surface area contributed by atoms with Crippen molar-refractivity contribution in [2.45, 2.75) is 51.4 Å². The molecular weight excluding hydrogens is 821 g/mol. The van der Waals surface area contributed by atoms with Crippen LogP contribution in [-0.4, -0.2) is 0 Å². The lowest BCUT2D eigenvalue weighted by Crippen LogP contribution is -2.20. The molecule has 328 valence electrons. The van der Waals surface area contributed by atoms with Crippen LogP contribution in [0.15, 0.2) is 236 Å². The molecule has 9 aromatic rings. The van der Waals surface area contributed by atoms with E-state index in [4.69, 9.17) is 0 Å². The van der Waals surface area contributed by atoms with Gasteiger partial charge in [0.05, 0.1) is 0 Å². The minimum absolute atomic E-state index is 0.0882. The first-order valence-electron chi connectivity index (χ1n) is 24.1. The summed E-state index contributed by atoms with van der Waals surface area (Å²) in [5.74, 6) is 0. The molecule has 12 rings (SSSR count). The third-order valence-electron chi connectivity index (χ3n) is 15.0. The molecule has 0 saturated carbocycles. The second kappa shape index (κ2) is 16.4. The van der Waals surface area contributed by atoms with Crippen LogP contribution in [0.1, 0.15) is 68.4 Å². The van der Waals surface area contributed by atoms with Crippen molar-refractivity contribution >= 4 is 34.0 Å². The molecule has 68 heavy (non-hydrogen) atoms. The smallest absolute Gasteiger partial charge is 0.0465 e. The first-order chi connectivity index (χ1) is 33.2. The highest BCUT2D eigenvalue weighted by atomic mass is 15.2. The van der Waals surface area contributed by atoms with Gasteiger partial charge < -0.3 is 9.80 Å². The normalized spacial score (nSPS) is 14.8. The summed E-state index contributed by atoms with van der Waals surface area (Å²) in [6.45, 7) is 9.46. The lowest BCUT2D eigenvalue weighted by molar-refractivity contribution is 0.660. The largest absolute Gasteiger partial charge is 0.314 e. The van der Waals surface area contributed by atoms with Crippen LogP contribution >= 0.6 is 0 Å². The Morgan fingerprint density at radius 2 is 0.662 bits per heavy atom. The quantitative estimate of drug-likeness (QED) is 0.143. The van der Waals surface area contributed by atoms with Gasteiger partial charge in [-0.25, -0.2) is 0 Å². The van der Waals surface area contributed by atoms with Crippen molar-refractivity contribution in [3.05, 3.63) is 264 Å². The Morgan fingerprint density at radius 1 is 0.294 bits per heavy atom. The number of benzene rings is 9. The Bertz CT molecular complexity index is 3410. The Labute approximate surface area is 401 Å². The molecule has 0 radical (unpaired) electrons. The predicted octanol–water partition coefficient (Wildman–Crippen LogP) is 18.0. The highest BCUT2D eigenvalue weighted by molar-refractivity contribution is 5.88. The summed E-state index contributed by atoms with van der Waals surface area (Å²) in [4.78, 5) is 4.91. The molecule has 0 bridgehead atoms. The zero-order valence-corrected chi connectivity index (χ0v) is 39.2. The van der Waals surface area contributed by atoms with Crippen LogP contribution in [0.5, 0.6) is 0 Å². The van der Waals surface area contributed by atoms with E-state index in [0.717, 1.165) is 29.9 Å². The number of nitrogens with zero attached hydrogens (tertiary/aromatic N) is 2. The predicted molar refractivity (Wildman–Crippen MR) is 287 cm³/mol. The standard InChI is InChI=1S/C66H54N2/c1-65(2)61-21-13-11-19-57(61)59-41-39-55(43-63(59)65)67(51-31-23-47(24-32-51)45-15-7-5-8-16-45)53-35-27-49(28-36-53)50-29-37-54(38-30-50)68(52-33-25-48(26-34-52)46-17-9-6-10-18-46)56-40-42-60-58-20-12-14-22-62(58)66(3,4)64(60)44-56/h5-29,31-37,39-44H,30,38H2,1-4H3. The summed E-state index contributed by atoms with van der Waals surface area (Å²) in [6.07, 6.45) is 6.57. The zero-order chi connectivity index (χ0) is 46.0. The van der Waals surface area contributed by atoms with Crippen molar-refractivity contribution in [2.75, 3.05) is 9.80 Å². The first kappa shape index (κ1) is 41.5. The van der Waals surface area contributed by atoms with Crippen LogP contribution in [0.3, 0.4) is 0 Å². The van der Waals surface area contributed by atoms with Crippen LogP contribution in [0, 0.1) is 0 Å². The lowest BCUT2D eigenvalue weighted by Gasteiger charge is -2.31. The monoisotopic (exact) mass is 874 g/mol. The zero-order valence-electron chi connectivity index (χ0n) is 39.2. The molecule has 0 aliphatic heterocycles. The van der Waals surface area contributed by atoms with Crippen LogP contribution < -0.4 is 9.80 Å². The maximum atomic E-state index is 2.49. The average Bonchev–Trinajstić information content (AvgIpc) is 3.76. The van der Waals surface area contributed by atoms with E-state index in [2.05, 4.69) is 268 Å². The van der Waals surface area contributed by atoms with Gasteiger partial charge in [0.1, 0.15) is 0 Å². The molecule has 3 aliphatic carbocycles. The molecule has 0 saturated heterocycles. The Hall–Kier alpha value is -7.94. The maximum Gasteiger partial charge on any atom is 0.0465 e. The summed E-state index contributed by atoms with van der Waals surface area (Å²) in [5.41, 5.74) is 25.2. The topological polar surface area (TPSA) is 6.48 Å². The van der Waals surface area contributed by atoms with E-state index in [1.54, 1.807) is 0 Å². The van der Waals surface area contributed by atoms with Crippen molar-refractivity contribution in [2.24, 2.45) is 0 Å². The SMILES string of the molecule is CC1(C)c2ccccc2-c2ccc(N(C3=CC=C(c4ccc(N(c5ccc(-c6ccccc6)cc5)c5ccc6c(c5)C(C)(C)c5ccccc5-6)cc4)CC3)c3ccc(-c4ccccc4)cc3)cc21. The summed E-state index contributed by atoms with van der Waals surface area (Å²) >= 11 is 0. The molecule has 0 aromatic heterocycles. The highest BCUT2D eigenvalue weighted by Crippen LogP contribution is 2.52. The molecule has 0 spiro atoms. The van der Waals surface area contributed by atoms with Gasteiger partial charge in [-0.2, -0.15) is 0 Å². The minimum atomic E-state index is -0.0986. The van der Waals surface area contributed by atoms with Gasteiger partial charge in [-0.15, -0.1) is 0 Å². The lowest BCUT2D eigenvalue weighted by atomic mass is 9.82. The molecule has 2 heteroatoms. The van der Waals surface area contributed by atoms with Gasteiger partial charge in [0.25, 0.3) is 0 Å². The molecule has 0 N–H and O–H groups in total. The van der Waals surface area contributed by atoms with Crippen LogP contribution in [0.25, 0.3) is 50.1 Å². The molecule has 2 nitrogen and oxygen atoms in total. The molecule has 0 heterocycles. The number of hydrogen-bond acceptors (Lipinski definition) is 2. The third kappa shape index (κ3) is 7.02. The van der Waals surface area contributed by atoms with Gasteiger partial charge >= 0.3 is 0 Å². The van der Waals surface area contributed by atoms with E-state index in [9.17, 15) is 0 Å². The number of anilines is 5. The Morgan fingerprint density at radius 3 is 1.12 bits per heavy atom. The molecule has 0 unspecified atom stereocenters. The van der Waals surface area contributed by atoms with Gasteiger partial charge in [-0.05, 0) is 157 Å². The van der Waals surface area contributed by atoms with E-state index in [1.165, 1.54) is 95.0 Å². The first-order valence-corrected chi connectivity index (χ1v) is 24.1. The summed E-state index contributed by atoms with van der Waals surface area (Å²) in [5, 5.41) is 0. The van der Waals surface area contributed by atoms with E-state index < -0.39 is 0 Å². The van der Waals surface area contributed by atoms with E-state index in [-0.39, 0.29) is 10.8 Å². The summed E-state index contributed by atoms with van der Waals surface area (Å²) in [6, 6.07) is 80.7. The highest BCUT2D eigenvalue weighted by Gasteiger charge is 2.37. The number of hydrogen-bond donors (Lipinski definition) is 0. The van der Waals surface area contributed by atoms with Crippen LogP contribution in [0.4, 0.5) is 28.4 Å². The molecule has 0 amide bonds. The van der Waals surface area contributed by atoms with Gasteiger partial charge in [-0.3, -0.25) is 0 Å². The summed E-state index contributed by atoms with van der Waals surface area (Å²) < 4.78 is 0. The summed E-state index contributed by atoms with van der Waals surface area (Å²) in [7, 11) is 0. The second-order valence-electron chi connectivity index (χ2n) is 19.7. The van der Waals surface area contributed by atoms with Gasteiger partial charge in [0.2, 0.25) is 0 Å². The van der Waals surface area contributed by atoms with E-state index in [0.29, 0.717) is 0 Å². The second-order valence-corrected chi connectivity index (χ2v) is 19.7. The van der Waals surface area contributed by atoms with E-state index >= 15 is 0 Å². The Balaban J connectivity index is 0.894. The van der Waals surface area contributed by atoms with Crippen molar-refractivity contribution in [1.29, 1.82) is 0 Å². The minimum Gasteiger partial charge on any atom is -0.314 e. The third-order valence-corrected chi connectivity index (χ3v) is 15.0. The molecule has 3 aliphatic rings. The van der Waals surface area contributed by atoms with E-state index in [1.807, 2.05) is 0 Å². The van der Waals surface area contributed by atoms with Crippen molar-refractivity contribution in [1.82, 2.24) is 0 Å². The molecule has 9 aromatic carbocycles. The fourth-order valence-corrected chi connectivity index (χ4v) is 11.3.